The monoisotopic (exact) mass is 449 g/mol. The number of ether oxygens (including phenoxy) is 2. The summed E-state index contributed by atoms with van der Waals surface area (Å²) in [7, 11) is 0. The molecule has 10 heteroatoms. The summed E-state index contributed by atoms with van der Waals surface area (Å²) in [5.74, 6) is 0.0981. The molecule has 33 heavy (non-hydrogen) atoms. The minimum Gasteiger partial charge on any atom is -0.481 e. The Morgan fingerprint density at radius 1 is 1.09 bits per heavy atom. The van der Waals surface area contributed by atoms with Crippen molar-refractivity contribution in [3.63, 3.8) is 0 Å². The Labute approximate surface area is 189 Å². The van der Waals surface area contributed by atoms with Crippen molar-refractivity contribution in [1.82, 2.24) is 9.97 Å². The van der Waals surface area contributed by atoms with E-state index in [0.29, 0.717) is 66.4 Å². The van der Waals surface area contributed by atoms with Gasteiger partial charge in [-0.1, -0.05) is 6.07 Å². The summed E-state index contributed by atoms with van der Waals surface area (Å²) in [4.78, 5) is 34.7. The van der Waals surface area contributed by atoms with Gasteiger partial charge in [0.25, 0.3) is 5.91 Å². The molecule has 3 aromatic rings. The quantitative estimate of drug-likeness (QED) is 0.496. The summed E-state index contributed by atoms with van der Waals surface area (Å²) >= 11 is 0. The average molecular weight is 449 g/mol. The van der Waals surface area contributed by atoms with E-state index >= 15 is 0 Å². The van der Waals surface area contributed by atoms with Crippen LogP contribution in [-0.2, 0) is 11.2 Å². The summed E-state index contributed by atoms with van der Waals surface area (Å²) in [6.45, 7) is 1.27. The topological polar surface area (TPSA) is 154 Å². The third-order valence-electron chi connectivity index (χ3n) is 6.17. The number of carboxylic acid groups (broad SMARTS) is 1. The van der Waals surface area contributed by atoms with Crippen LogP contribution in [0.4, 0.5) is 11.6 Å². The van der Waals surface area contributed by atoms with Crippen LogP contribution in [0.1, 0.15) is 34.5 Å². The molecule has 5 N–H and O–H groups in total. The molecule has 5 rings (SSSR count). The molecular weight excluding hydrogens is 426 g/mol. The smallest absolute Gasteiger partial charge is 0.306 e. The van der Waals surface area contributed by atoms with E-state index in [0.717, 1.165) is 5.56 Å². The summed E-state index contributed by atoms with van der Waals surface area (Å²) < 4.78 is 10.9. The van der Waals surface area contributed by atoms with Gasteiger partial charge >= 0.3 is 5.97 Å². The lowest BCUT2D eigenvalue weighted by molar-refractivity contribution is -0.142. The van der Waals surface area contributed by atoms with Crippen LogP contribution in [0, 0.1) is 5.92 Å². The highest BCUT2D eigenvalue weighted by molar-refractivity contribution is 6.07. The van der Waals surface area contributed by atoms with Gasteiger partial charge in [0.05, 0.1) is 28.4 Å². The minimum atomic E-state index is -0.774. The van der Waals surface area contributed by atoms with Gasteiger partial charge in [-0.2, -0.15) is 0 Å². The van der Waals surface area contributed by atoms with Crippen molar-refractivity contribution < 1.29 is 24.2 Å². The number of anilines is 2. The number of nitrogen functional groups attached to an aromatic ring is 1. The number of amides is 1. The third kappa shape index (κ3) is 3.84. The summed E-state index contributed by atoms with van der Waals surface area (Å²) in [6.07, 6.45) is 1.47. The summed E-state index contributed by atoms with van der Waals surface area (Å²) in [6, 6.07) is 8.94. The van der Waals surface area contributed by atoms with Crippen LogP contribution in [0.2, 0.25) is 0 Å². The van der Waals surface area contributed by atoms with E-state index in [1.54, 1.807) is 12.1 Å². The van der Waals surface area contributed by atoms with Crippen LogP contribution < -0.4 is 25.8 Å². The highest BCUT2D eigenvalue weighted by atomic mass is 16.7. The number of aliphatic carboxylic acids is 1. The Morgan fingerprint density at radius 2 is 1.85 bits per heavy atom. The van der Waals surface area contributed by atoms with Gasteiger partial charge in [0.1, 0.15) is 0 Å². The molecular formula is C23H23N5O5. The molecule has 0 spiro atoms. The van der Waals surface area contributed by atoms with Gasteiger partial charge in [0.2, 0.25) is 12.7 Å². The number of rotatable bonds is 5. The first-order valence-electron chi connectivity index (χ1n) is 10.7. The van der Waals surface area contributed by atoms with Gasteiger partial charge in [0, 0.05) is 24.9 Å². The van der Waals surface area contributed by atoms with Crippen molar-refractivity contribution in [2.45, 2.75) is 19.3 Å². The normalized spacial score (nSPS) is 15.7. The Morgan fingerprint density at radius 3 is 2.58 bits per heavy atom. The van der Waals surface area contributed by atoms with Crippen molar-refractivity contribution >= 4 is 34.4 Å². The van der Waals surface area contributed by atoms with Gasteiger partial charge in [-0.15, -0.1) is 0 Å². The van der Waals surface area contributed by atoms with E-state index in [1.807, 2.05) is 23.1 Å². The molecule has 0 bridgehead atoms. The van der Waals surface area contributed by atoms with Crippen molar-refractivity contribution in [3.05, 3.63) is 47.2 Å². The first-order chi connectivity index (χ1) is 15.9. The molecule has 170 valence electrons. The largest absolute Gasteiger partial charge is 0.481 e. The predicted octanol–water partition coefficient (Wildman–Crippen LogP) is 1.93. The highest BCUT2D eigenvalue weighted by Gasteiger charge is 2.27. The van der Waals surface area contributed by atoms with E-state index in [2.05, 4.69) is 4.98 Å². The predicted molar refractivity (Wildman–Crippen MR) is 120 cm³/mol. The Balaban J connectivity index is 1.57. The number of carbonyl (C=O) groups excluding carboxylic acids is 1. The molecule has 0 aliphatic carbocycles. The number of carbonyl (C=O) groups is 2. The first-order valence-corrected chi connectivity index (χ1v) is 10.7. The van der Waals surface area contributed by atoms with Crippen LogP contribution in [0.25, 0.3) is 10.9 Å². The van der Waals surface area contributed by atoms with Gasteiger partial charge < -0.3 is 30.9 Å². The number of piperidine rings is 1. The first kappa shape index (κ1) is 20.8. The van der Waals surface area contributed by atoms with E-state index < -0.39 is 11.9 Å². The van der Waals surface area contributed by atoms with Crippen LogP contribution in [0.5, 0.6) is 11.5 Å². The van der Waals surface area contributed by atoms with Gasteiger partial charge in [-0.05, 0) is 42.7 Å². The van der Waals surface area contributed by atoms with E-state index in [9.17, 15) is 14.7 Å². The number of nitrogens with two attached hydrogens (primary N) is 2. The number of benzene rings is 2. The Kier molecular flexibility index (Phi) is 5.12. The van der Waals surface area contributed by atoms with Crippen molar-refractivity contribution in [2.24, 2.45) is 11.7 Å². The lowest BCUT2D eigenvalue weighted by atomic mass is 9.97. The number of fused-ring (bicyclic) bond motifs is 2. The second kappa shape index (κ2) is 8.12. The standard InChI is InChI=1S/C23H23N5O5/c24-20-14(21(25)29)2-3-15-19(20)16(9-12-1-4-17-18(10-12)33-11-32-17)27-23(26-15)28-7-5-13(6-8-28)22(30)31/h1-4,10,13H,5-9,11,24H2,(H2,25,29)(H,30,31). The number of carboxylic acids is 1. The SMILES string of the molecule is NC(=O)c1ccc2nc(N3CCC(C(=O)O)CC3)nc(Cc3ccc4c(c3)OCO4)c2c1N. The number of primary amides is 1. The average Bonchev–Trinajstić information content (AvgIpc) is 3.26. The van der Waals surface area contributed by atoms with E-state index in [1.165, 1.54) is 0 Å². The second-order valence-electron chi connectivity index (χ2n) is 8.22. The lowest BCUT2D eigenvalue weighted by Crippen LogP contribution is -2.37. The molecule has 1 aromatic heterocycles. The van der Waals surface area contributed by atoms with Gasteiger partial charge in [-0.25, -0.2) is 9.97 Å². The summed E-state index contributed by atoms with van der Waals surface area (Å²) in [5, 5.41) is 9.87. The zero-order chi connectivity index (χ0) is 23.1. The minimum absolute atomic E-state index is 0.181. The molecule has 0 atom stereocenters. The van der Waals surface area contributed by atoms with Crippen molar-refractivity contribution in [1.29, 1.82) is 0 Å². The number of hydrogen-bond donors (Lipinski definition) is 3. The summed E-state index contributed by atoms with van der Waals surface area (Å²) in [5.41, 5.74) is 14.5. The van der Waals surface area contributed by atoms with Crippen molar-refractivity contribution in [3.8, 4) is 11.5 Å². The van der Waals surface area contributed by atoms with Crippen LogP contribution >= 0.6 is 0 Å². The number of hydrogen-bond acceptors (Lipinski definition) is 8. The molecule has 10 nitrogen and oxygen atoms in total. The fraction of sp³-hybridized carbons (Fsp3) is 0.304. The maximum Gasteiger partial charge on any atom is 0.306 e. The third-order valence-corrected chi connectivity index (χ3v) is 6.17. The molecule has 1 saturated heterocycles. The zero-order valence-corrected chi connectivity index (χ0v) is 17.8. The molecule has 3 heterocycles. The fourth-order valence-corrected chi connectivity index (χ4v) is 4.37. The Bertz CT molecular complexity index is 1270. The van der Waals surface area contributed by atoms with Gasteiger partial charge in [-0.3, -0.25) is 9.59 Å². The fourth-order valence-electron chi connectivity index (χ4n) is 4.37. The van der Waals surface area contributed by atoms with Gasteiger partial charge in [0.15, 0.2) is 11.5 Å². The second-order valence-corrected chi connectivity index (χ2v) is 8.22. The lowest BCUT2D eigenvalue weighted by Gasteiger charge is -2.30. The van der Waals surface area contributed by atoms with Crippen LogP contribution in [-0.4, -0.2) is 46.8 Å². The van der Waals surface area contributed by atoms with E-state index in [4.69, 9.17) is 25.9 Å². The van der Waals surface area contributed by atoms with Crippen LogP contribution in [0.3, 0.4) is 0 Å². The van der Waals surface area contributed by atoms with E-state index in [-0.39, 0.29) is 24.0 Å². The molecule has 2 aliphatic rings. The molecule has 2 aliphatic heterocycles. The maximum absolute atomic E-state index is 11.9. The van der Waals surface area contributed by atoms with Crippen LogP contribution in [0.15, 0.2) is 30.3 Å². The molecule has 0 radical (unpaired) electrons. The molecule has 1 fully saturated rings. The van der Waals surface area contributed by atoms with Crippen molar-refractivity contribution in [2.75, 3.05) is 30.5 Å². The molecule has 0 saturated carbocycles. The number of nitrogens with zero attached hydrogens (tertiary/aromatic N) is 3. The Hall–Kier alpha value is -4.08. The number of aromatic nitrogens is 2. The zero-order valence-electron chi connectivity index (χ0n) is 17.8. The molecule has 1 amide bonds. The molecule has 0 unspecified atom stereocenters. The highest BCUT2D eigenvalue weighted by Crippen LogP contribution is 2.35. The molecule has 2 aromatic carbocycles. The maximum atomic E-state index is 11.9.